The van der Waals surface area contributed by atoms with E-state index in [-0.39, 0.29) is 56.1 Å². The summed E-state index contributed by atoms with van der Waals surface area (Å²) >= 11 is 6.01. The van der Waals surface area contributed by atoms with Gasteiger partial charge in [0.1, 0.15) is 0 Å². The molecule has 2 heterocycles. The molecule has 0 aliphatic carbocycles. The van der Waals surface area contributed by atoms with Crippen molar-refractivity contribution in [1.82, 2.24) is 15.0 Å². The van der Waals surface area contributed by atoms with Crippen LogP contribution in [0.5, 0.6) is 0 Å². The Bertz CT molecular complexity index is 772. The predicted molar refractivity (Wildman–Crippen MR) is 106 cm³/mol. The highest BCUT2D eigenvalue weighted by Gasteiger charge is 2.34. The van der Waals surface area contributed by atoms with E-state index in [1.165, 1.54) is 4.99 Å². The maximum Gasteiger partial charge on any atom is 0.334 e. The number of carbonyl (C=O) groups is 7. The van der Waals surface area contributed by atoms with Gasteiger partial charge in [-0.15, -0.1) is 10.1 Å². The number of amides is 5. The first kappa shape index (κ1) is 24.7. The highest BCUT2D eigenvalue weighted by molar-refractivity contribution is 9.14. The van der Waals surface area contributed by atoms with Crippen molar-refractivity contribution in [1.29, 1.82) is 0 Å². The Morgan fingerprint density at radius 2 is 1.16 bits per heavy atom. The third-order valence-electron chi connectivity index (χ3n) is 4.16. The maximum absolute atomic E-state index is 12.4. The lowest BCUT2D eigenvalue weighted by Crippen LogP contribution is -2.38. The molecule has 0 N–H and O–H groups in total. The third kappa shape index (κ3) is 6.69. The van der Waals surface area contributed by atoms with Crippen LogP contribution in [0.4, 0.5) is 0 Å². The lowest BCUT2D eigenvalue weighted by atomic mass is 10.3. The molecule has 0 aromatic carbocycles. The number of rotatable bonds is 9. The van der Waals surface area contributed by atoms with Gasteiger partial charge in [-0.1, -0.05) is 15.9 Å². The largest absolute Gasteiger partial charge is 0.337 e. The Morgan fingerprint density at radius 3 is 1.48 bits per heavy atom. The van der Waals surface area contributed by atoms with Crippen molar-refractivity contribution < 1.29 is 43.2 Å². The second kappa shape index (κ2) is 11.1. The Balaban J connectivity index is 1.91. The molecule has 31 heavy (non-hydrogen) atoms. The maximum atomic E-state index is 12.4. The smallest absolute Gasteiger partial charge is 0.334 e. The summed E-state index contributed by atoms with van der Waals surface area (Å²) in [5.74, 6) is -4.96. The molecule has 2 rings (SSSR count). The molecule has 0 atom stereocenters. The molecule has 0 aromatic heterocycles. The van der Waals surface area contributed by atoms with Crippen molar-refractivity contribution in [2.45, 2.75) is 38.5 Å². The van der Waals surface area contributed by atoms with Gasteiger partial charge in [0, 0.05) is 43.8 Å². The number of hydroxylamine groups is 4. The zero-order valence-corrected chi connectivity index (χ0v) is 19.2. The second-order valence-electron chi connectivity index (χ2n) is 6.34. The van der Waals surface area contributed by atoms with Crippen LogP contribution in [0.1, 0.15) is 38.5 Å². The standard InChI is InChI=1S/C17H17Br2N3O9/c18-9-10(19)17(29)20(7-5-15(27)30-21-11(23)1-2-12(21)24)8-6-16(28)31-22-13(25)3-4-14(22)26/h9H,1-8H2/b10-9-. The van der Waals surface area contributed by atoms with Crippen LogP contribution >= 0.6 is 31.9 Å². The van der Waals surface area contributed by atoms with Gasteiger partial charge in [-0.3, -0.25) is 24.0 Å². The number of nitrogens with zero attached hydrogens (tertiary/aromatic N) is 3. The first-order valence-electron chi connectivity index (χ1n) is 9.02. The van der Waals surface area contributed by atoms with Crippen molar-refractivity contribution in [2.24, 2.45) is 0 Å². The topological polar surface area (TPSA) is 148 Å². The van der Waals surface area contributed by atoms with E-state index < -0.39 is 41.5 Å². The molecule has 2 fully saturated rings. The quantitative estimate of drug-likeness (QED) is 0.286. The molecular formula is C17H17Br2N3O9. The fourth-order valence-electron chi connectivity index (χ4n) is 2.58. The number of imide groups is 2. The van der Waals surface area contributed by atoms with Crippen molar-refractivity contribution in [3.63, 3.8) is 0 Å². The van der Waals surface area contributed by atoms with Crippen LogP contribution < -0.4 is 0 Å². The van der Waals surface area contributed by atoms with E-state index in [0.29, 0.717) is 10.1 Å². The fourth-order valence-corrected chi connectivity index (χ4v) is 3.02. The molecule has 0 aromatic rings. The minimum Gasteiger partial charge on any atom is -0.337 e. The molecule has 2 aliphatic heterocycles. The van der Waals surface area contributed by atoms with Gasteiger partial charge in [0.25, 0.3) is 29.5 Å². The van der Waals surface area contributed by atoms with Gasteiger partial charge in [0.05, 0.1) is 17.3 Å². The Hall–Kier alpha value is -2.61. The number of carbonyl (C=O) groups excluding carboxylic acids is 7. The minimum atomic E-state index is -0.920. The summed E-state index contributed by atoms with van der Waals surface area (Å²) in [5.41, 5.74) is 0. The monoisotopic (exact) mass is 565 g/mol. The lowest BCUT2D eigenvalue weighted by molar-refractivity contribution is -0.198. The SMILES string of the molecule is O=C(CCN(CCC(=O)ON1C(=O)CCC1=O)C(=O)/C(Br)=C/Br)ON1C(=O)CCC1=O. The normalized spacial score (nSPS) is 16.8. The van der Waals surface area contributed by atoms with Crippen molar-refractivity contribution >= 4 is 73.3 Å². The molecular weight excluding hydrogens is 550 g/mol. The molecule has 0 bridgehead atoms. The van der Waals surface area contributed by atoms with Crippen LogP contribution in [0.3, 0.4) is 0 Å². The van der Waals surface area contributed by atoms with E-state index in [0.717, 1.165) is 4.90 Å². The Kier molecular flexibility index (Phi) is 8.86. The summed E-state index contributed by atoms with van der Waals surface area (Å²) in [6, 6.07) is 0. The van der Waals surface area contributed by atoms with Crippen LogP contribution in [0.25, 0.3) is 0 Å². The van der Waals surface area contributed by atoms with Gasteiger partial charge >= 0.3 is 11.9 Å². The van der Waals surface area contributed by atoms with E-state index in [1.54, 1.807) is 0 Å². The average Bonchev–Trinajstić information content (AvgIpc) is 3.22. The Labute approximate surface area is 192 Å². The molecule has 5 amide bonds. The zero-order valence-electron chi connectivity index (χ0n) is 16.0. The minimum absolute atomic E-state index is 0.0517. The van der Waals surface area contributed by atoms with Crippen LogP contribution in [0.2, 0.25) is 0 Å². The number of hydrogen-bond donors (Lipinski definition) is 0. The summed E-state index contributed by atoms with van der Waals surface area (Å²) in [7, 11) is 0. The Morgan fingerprint density at radius 1 is 0.806 bits per heavy atom. The molecule has 0 saturated carbocycles. The molecule has 14 heteroatoms. The number of hydrogen-bond acceptors (Lipinski definition) is 9. The molecule has 2 aliphatic rings. The van der Waals surface area contributed by atoms with Crippen LogP contribution in [-0.4, -0.2) is 69.6 Å². The fraction of sp³-hybridized carbons (Fsp3) is 0.471. The molecule has 168 valence electrons. The van der Waals surface area contributed by atoms with Crippen LogP contribution in [-0.2, 0) is 43.2 Å². The summed E-state index contributed by atoms with van der Waals surface area (Å²) in [6.07, 6.45) is -0.950. The third-order valence-corrected chi connectivity index (χ3v) is 5.80. The van der Waals surface area contributed by atoms with E-state index >= 15 is 0 Å². The van der Waals surface area contributed by atoms with E-state index in [1.807, 2.05) is 0 Å². The molecule has 12 nitrogen and oxygen atoms in total. The van der Waals surface area contributed by atoms with E-state index in [2.05, 4.69) is 31.9 Å². The highest BCUT2D eigenvalue weighted by Crippen LogP contribution is 2.16. The van der Waals surface area contributed by atoms with Crippen molar-refractivity contribution in [2.75, 3.05) is 13.1 Å². The molecule has 0 unspecified atom stereocenters. The van der Waals surface area contributed by atoms with Gasteiger partial charge in [0.2, 0.25) is 0 Å². The first-order valence-corrected chi connectivity index (χ1v) is 10.7. The van der Waals surface area contributed by atoms with Crippen molar-refractivity contribution in [3.05, 3.63) is 9.47 Å². The summed E-state index contributed by atoms with van der Waals surface area (Å²) in [6.45, 7) is -0.419. The molecule has 0 radical (unpaired) electrons. The van der Waals surface area contributed by atoms with Gasteiger partial charge in [-0.25, -0.2) is 9.59 Å². The summed E-state index contributed by atoms with van der Waals surface area (Å²) in [4.78, 5) is 94.3. The van der Waals surface area contributed by atoms with Gasteiger partial charge in [-0.2, -0.15) is 0 Å². The highest BCUT2D eigenvalue weighted by atomic mass is 79.9. The van der Waals surface area contributed by atoms with E-state index in [9.17, 15) is 33.6 Å². The first-order chi connectivity index (χ1) is 14.6. The second-order valence-corrected chi connectivity index (χ2v) is 7.65. The van der Waals surface area contributed by atoms with Gasteiger partial charge < -0.3 is 14.6 Å². The van der Waals surface area contributed by atoms with Gasteiger partial charge in [0.15, 0.2) is 0 Å². The summed E-state index contributed by atoms with van der Waals surface area (Å²) < 4.78 is 0.0871. The van der Waals surface area contributed by atoms with Gasteiger partial charge in [-0.05, 0) is 15.9 Å². The van der Waals surface area contributed by atoms with Crippen molar-refractivity contribution in [3.8, 4) is 0 Å². The van der Waals surface area contributed by atoms with Crippen LogP contribution in [0, 0.1) is 0 Å². The number of halogens is 2. The summed E-state index contributed by atoms with van der Waals surface area (Å²) in [5, 5.41) is 0.786. The molecule has 0 spiro atoms. The lowest BCUT2D eigenvalue weighted by Gasteiger charge is -2.22. The van der Waals surface area contributed by atoms with E-state index in [4.69, 9.17) is 9.68 Å². The molecule has 2 saturated heterocycles. The predicted octanol–water partition coefficient (Wildman–Crippen LogP) is 0.441. The average molecular weight is 567 g/mol. The zero-order chi connectivity index (χ0) is 23.1. The van der Waals surface area contributed by atoms with Crippen LogP contribution in [0.15, 0.2) is 9.47 Å².